The third kappa shape index (κ3) is 1.89. The highest BCUT2D eigenvalue weighted by atomic mass is 16.3. The van der Waals surface area contributed by atoms with Crippen LogP contribution in [0.3, 0.4) is 0 Å². The van der Waals surface area contributed by atoms with Gasteiger partial charge in [0.15, 0.2) is 0 Å². The van der Waals surface area contributed by atoms with E-state index in [4.69, 9.17) is 5.73 Å². The summed E-state index contributed by atoms with van der Waals surface area (Å²) in [5, 5.41) is 31.1. The van der Waals surface area contributed by atoms with E-state index in [0.717, 1.165) is 19.3 Å². The zero-order valence-electron chi connectivity index (χ0n) is 13.8. The number of nitriles is 1. The van der Waals surface area contributed by atoms with E-state index in [1.165, 1.54) is 0 Å². The molecule has 6 heteroatoms. The van der Waals surface area contributed by atoms with Gasteiger partial charge in [0.2, 0.25) is 5.91 Å². The van der Waals surface area contributed by atoms with E-state index in [1.807, 2.05) is 0 Å². The highest BCUT2D eigenvalue weighted by molar-refractivity contribution is 5.84. The van der Waals surface area contributed by atoms with Crippen LogP contribution < -0.4 is 5.73 Å². The summed E-state index contributed by atoms with van der Waals surface area (Å²) >= 11 is 0. The molecule has 5 aliphatic carbocycles. The van der Waals surface area contributed by atoms with E-state index in [-0.39, 0.29) is 23.9 Å². The second-order valence-electron chi connectivity index (χ2n) is 9.49. The molecule has 1 amide bonds. The predicted molar refractivity (Wildman–Crippen MR) is 84.3 cm³/mol. The van der Waals surface area contributed by atoms with Crippen molar-refractivity contribution in [3.63, 3.8) is 0 Å². The predicted octanol–water partition coefficient (Wildman–Crippen LogP) is 0.273. The average molecular weight is 331 g/mol. The molecule has 6 aliphatic rings. The first-order valence-electron chi connectivity index (χ1n) is 9.19. The number of piperidine rings is 1. The zero-order chi connectivity index (χ0) is 16.9. The molecule has 1 saturated heterocycles. The van der Waals surface area contributed by atoms with Gasteiger partial charge in [-0.2, -0.15) is 5.26 Å². The lowest BCUT2D eigenvalue weighted by Crippen LogP contribution is -2.69. The van der Waals surface area contributed by atoms with Gasteiger partial charge in [-0.3, -0.25) is 4.79 Å². The normalized spacial score (nSPS) is 55.2. The molecule has 0 radical (unpaired) electrons. The monoisotopic (exact) mass is 331 g/mol. The van der Waals surface area contributed by atoms with Crippen molar-refractivity contribution in [1.82, 2.24) is 4.90 Å². The molecule has 6 rings (SSSR count). The number of carbonyl (C=O) groups is 1. The van der Waals surface area contributed by atoms with E-state index < -0.39 is 22.7 Å². The van der Waals surface area contributed by atoms with Crippen LogP contribution in [0.5, 0.6) is 0 Å². The van der Waals surface area contributed by atoms with Crippen LogP contribution in [0.4, 0.5) is 0 Å². The van der Waals surface area contributed by atoms with Crippen LogP contribution in [0.2, 0.25) is 0 Å². The highest BCUT2D eigenvalue weighted by Gasteiger charge is 2.66. The average Bonchev–Trinajstić information content (AvgIpc) is 3.12. The lowest BCUT2D eigenvalue weighted by molar-refractivity contribution is -0.234. The molecule has 4 bridgehead atoms. The van der Waals surface area contributed by atoms with Gasteiger partial charge in [-0.05, 0) is 56.8 Å². The molecule has 0 aromatic rings. The molecule has 130 valence electrons. The van der Waals surface area contributed by atoms with Gasteiger partial charge in [-0.25, -0.2) is 0 Å². The molecule has 1 heterocycles. The van der Waals surface area contributed by atoms with Crippen molar-refractivity contribution in [2.45, 2.75) is 80.7 Å². The summed E-state index contributed by atoms with van der Waals surface area (Å²) in [5.41, 5.74) is 4.21. The van der Waals surface area contributed by atoms with Crippen molar-refractivity contribution in [3.05, 3.63) is 0 Å². The quantitative estimate of drug-likeness (QED) is 0.673. The Morgan fingerprint density at radius 2 is 1.83 bits per heavy atom. The number of rotatable bonds is 2. The summed E-state index contributed by atoms with van der Waals surface area (Å²) in [6.45, 7) is 0. The van der Waals surface area contributed by atoms with Gasteiger partial charge in [0.25, 0.3) is 0 Å². The SMILES string of the molecule is N#C[C@@H]1C[C@@H]2CC2N1C(=O)[C@@H](N)C12CC3CC(O)(CC(O)(C3)C1)C2. The summed E-state index contributed by atoms with van der Waals surface area (Å²) < 4.78 is 0. The van der Waals surface area contributed by atoms with Gasteiger partial charge < -0.3 is 20.8 Å². The van der Waals surface area contributed by atoms with Gasteiger partial charge in [0, 0.05) is 17.9 Å². The summed E-state index contributed by atoms with van der Waals surface area (Å²) in [7, 11) is 0. The minimum atomic E-state index is -0.881. The van der Waals surface area contributed by atoms with E-state index in [2.05, 4.69) is 6.07 Å². The summed E-state index contributed by atoms with van der Waals surface area (Å²) in [6.07, 6.45) is 5.41. The van der Waals surface area contributed by atoms with E-state index in [9.17, 15) is 20.3 Å². The van der Waals surface area contributed by atoms with Crippen LogP contribution in [0, 0.1) is 28.6 Å². The van der Waals surface area contributed by atoms with Crippen molar-refractivity contribution in [2.24, 2.45) is 23.0 Å². The van der Waals surface area contributed by atoms with E-state index in [0.29, 0.717) is 38.0 Å². The van der Waals surface area contributed by atoms with Crippen molar-refractivity contribution in [2.75, 3.05) is 0 Å². The first-order valence-corrected chi connectivity index (χ1v) is 9.19. The maximum absolute atomic E-state index is 13.2. The lowest BCUT2D eigenvalue weighted by atomic mass is 9.44. The van der Waals surface area contributed by atoms with Crippen LogP contribution in [0.1, 0.15) is 51.4 Å². The highest BCUT2D eigenvalue weighted by Crippen LogP contribution is 2.64. The number of hydrogen-bond donors (Lipinski definition) is 3. The Kier molecular flexibility index (Phi) is 2.72. The van der Waals surface area contributed by atoms with Crippen LogP contribution in [0.15, 0.2) is 0 Å². The summed E-state index contributed by atoms with van der Waals surface area (Å²) in [4.78, 5) is 14.9. The largest absolute Gasteiger partial charge is 0.390 e. The summed E-state index contributed by atoms with van der Waals surface area (Å²) in [6, 6.07) is 1.36. The molecule has 0 aromatic heterocycles. The van der Waals surface area contributed by atoms with Gasteiger partial charge in [-0.15, -0.1) is 0 Å². The van der Waals surface area contributed by atoms with Crippen LogP contribution in [-0.4, -0.2) is 50.3 Å². The number of amides is 1. The Labute approximate surface area is 141 Å². The Bertz CT molecular complexity index is 640. The molecule has 6 atom stereocenters. The second-order valence-corrected chi connectivity index (χ2v) is 9.49. The number of carbonyl (C=O) groups excluding carboxylic acids is 1. The first-order chi connectivity index (χ1) is 11.3. The first kappa shape index (κ1) is 15.1. The standard InChI is InChI=1S/C18H25N3O3/c19-6-12-1-11-2-13(11)21(12)15(22)14(20)16-3-10-4-17(23,7-16)9-18(24,5-10)8-16/h10-14,23-24H,1-5,7-9,20H2/t10?,11-,12+,13?,14-,16?,17?,18?/m1/s1. The number of nitrogens with two attached hydrogens (primary N) is 1. The maximum Gasteiger partial charge on any atom is 0.241 e. The Morgan fingerprint density at radius 1 is 1.17 bits per heavy atom. The smallest absolute Gasteiger partial charge is 0.241 e. The summed E-state index contributed by atoms with van der Waals surface area (Å²) in [5.74, 6) is 0.574. The zero-order valence-corrected chi connectivity index (χ0v) is 13.8. The van der Waals surface area contributed by atoms with Gasteiger partial charge in [0.1, 0.15) is 6.04 Å². The number of likely N-dealkylation sites (tertiary alicyclic amines) is 1. The molecule has 5 saturated carbocycles. The van der Waals surface area contributed by atoms with Crippen molar-refractivity contribution in [1.29, 1.82) is 5.26 Å². The Hall–Kier alpha value is -1.16. The maximum atomic E-state index is 13.2. The van der Waals surface area contributed by atoms with Crippen LogP contribution >= 0.6 is 0 Å². The number of fused-ring (bicyclic) bond motifs is 1. The third-order valence-electron chi connectivity index (χ3n) is 7.49. The molecule has 6 fully saturated rings. The molecule has 3 unspecified atom stereocenters. The molecular formula is C18H25N3O3. The van der Waals surface area contributed by atoms with Crippen LogP contribution in [-0.2, 0) is 4.79 Å². The fraction of sp³-hybridized carbons (Fsp3) is 0.889. The molecule has 24 heavy (non-hydrogen) atoms. The number of hydrogen-bond acceptors (Lipinski definition) is 5. The fourth-order valence-electron chi connectivity index (χ4n) is 7.07. The van der Waals surface area contributed by atoms with Crippen molar-refractivity contribution >= 4 is 5.91 Å². The fourth-order valence-corrected chi connectivity index (χ4v) is 7.07. The van der Waals surface area contributed by atoms with Crippen LogP contribution in [0.25, 0.3) is 0 Å². The number of aliphatic hydroxyl groups is 2. The van der Waals surface area contributed by atoms with Gasteiger partial charge in [-0.1, -0.05) is 0 Å². The lowest BCUT2D eigenvalue weighted by Gasteiger charge is -2.64. The molecular weight excluding hydrogens is 306 g/mol. The molecule has 0 aromatic carbocycles. The minimum absolute atomic E-state index is 0.138. The Balaban J connectivity index is 1.45. The third-order valence-corrected chi connectivity index (χ3v) is 7.49. The van der Waals surface area contributed by atoms with E-state index >= 15 is 0 Å². The molecule has 6 nitrogen and oxygen atoms in total. The van der Waals surface area contributed by atoms with Gasteiger partial charge in [0.05, 0.1) is 23.3 Å². The van der Waals surface area contributed by atoms with Crippen molar-refractivity contribution < 1.29 is 15.0 Å². The van der Waals surface area contributed by atoms with E-state index in [1.54, 1.807) is 4.90 Å². The molecule has 4 N–H and O–H groups in total. The second kappa shape index (κ2) is 4.32. The Morgan fingerprint density at radius 3 is 2.42 bits per heavy atom. The number of nitrogens with zero attached hydrogens (tertiary/aromatic N) is 2. The minimum Gasteiger partial charge on any atom is -0.390 e. The van der Waals surface area contributed by atoms with Gasteiger partial charge >= 0.3 is 0 Å². The topological polar surface area (TPSA) is 111 Å². The molecule has 0 spiro atoms. The van der Waals surface area contributed by atoms with Crippen molar-refractivity contribution in [3.8, 4) is 6.07 Å². The molecule has 1 aliphatic heterocycles.